The number of rotatable bonds is 0. The van der Waals surface area contributed by atoms with E-state index < -0.39 is 10.2 Å². The van der Waals surface area contributed by atoms with Gasteiger partial charge in [0.1, 0.15) is 0 Å². The maximum Gasteiger partial charge on any atom is 0.209 e. The van der Waals surface area contributed by atoms with E-state index in [2.05, 4.69) is 77.5 Å². The fourth-order valence-electron chi connectivity index (χ4n) is 3.95. The van der Waals surface area contributed by atoms with Gasteiger partial charge in [0.25, 0.3) is 0 Å². The zero-order valence-corrected chi connectivity index (χ0v) is 13.8. The molecule has 2 aromatic carbocycles. The van der Waals surface area contributed by atoms with Gasteiger partial charge in [0.15, 0.2) is 11.9 Å². The number of aromatic nitrogens is 1. The molecule has 0 unspecified atom stereocenters. The lowest BCUT2D eigenvalue weighted by Crippen LogP contribution is -2.68. The van der Waals surface area contributed by atoms with Crippen molar-refractivity contribution in [2.75, 3.05) is 0 Å². The molecule has 0 spiro atoms. The summed E-state index contributed by atoms with van der Waals surface area (Å²) >= 11 is 0. The quantitative estimate of drug-likeness (QED) is 0.321. The predicted molar refractivity (Wildman–Crippen MR) is 77.7 cm³/mol. The van der Waals surface area contributed by atoms with Crippen molar-refractivity contribution >= 4 is 0 Å². The van der Waals surface area contributed by atoms with E-state index in [1.54, 1.807) is 0 Å². The summed E-state index contributed by atoms with van der Waals surface area (Å²) in [5.41, 5.74) is 7.28. The van der Waals surface area contributed by atoms with E-state index in [4.69, 9.17) is 18.6 Å². The summed E-state index contributed by atoms with van der Waals surface area (Å²) in [5.74, 6) is 0.383. The van der Waals surface area contributed by atoms with Gasteiger partial charge in [-0.05, 0) is 11.1 Å². The van der Waals surface area contributed by atoms with E-state index >= 15 is 0 Å². The van der Waals surface area contributed by atoms with Crippen LogP contribution in [0.25, 0.3) is 0 Å². The van der Waals surface area contributed by atoms with E-state index in [0.29, 0.717) is 12.0 Å². The van der Waals surface area contributed by atoms with Gasteiger partial charge < -0.3 is 0 Å². The molecule has 6 heteroatoms. The van der Waals surface area contributed by atoms with Crippen LogP contribution in [0.1, 0.15) is 39.9 Å². The molecule has 6 rings (SSSR count). The lowest BCUT2D eigenvalue weighted by Gasteiger charge is -2.36. The van der Waals surface area contributed by atoms with Gasteiger partial charge in [-0.25, -0.2) is 18.6 Å². The minimum atomic E-state index is -4.94. The van der Waals surface area contributed by atoms with Crippen LogP contribution in [0.3, 0.4) is 0 Å². The SMILES string of the molecule is [O-][Cl+3]([O-])([O-])[O-].c1ccc2c(c1)C1c3ccccc3C2[n+]2ccccc21. The lowest BCUT2D eigenvalue weighted by atomic mass is 9.70. The van der Waals surface area contributed by atoms with E-state index in [0.717, 1.165) is 0 Å². The fraction of sp³-hybridized carbons (Fsp3) is 0.105. The van der Waals surface area contributed by atoms with Crippen molar-refractivity contribution in [3.8, 4) is 0 Å². The van der Waals surface area contributed by atoms with E-state index in [1.807, 2.05) is 0 Å². The summed E-state index contributed by atoms with van der Waals surface area (Å²) in [5, 5.41) is 0. The normalized spacial score (nSPS) is 19.2. The smallest absolute Gasteiger partial charge is 0.209 e. The monoisotopic (exact) mass is 355 g/mol. The number of hydrogen-bond donors (Lipinski definition) is 0. The molecule has 0 fully saturated rings. The molecule has 0 saturated heterocycles. The fourth-order valence-corrected chi connectivity index (χ4v) is 3.95. The molecule has 0 saturated carbocycles. The van der Waals surface area contributed by atoms with Gasteiger partial charge in [-0.15, -0.1) is 10.2 Å². The first-order valence-electron chi connectivity index (χ1n) is 7.74. The van der Waals surface area contributed by atoms with Crippen molar-refractivity contribution < 1.29 is 33.4 Å². The number of halogens is 1. The second kappa shape index (κ2) is 5.91. The zero-order valence-electron chi connectivity index (χ0n) is 13.0. The molecule has 0 N–H and O–H groups in total. The Labute approximate surface area is 146 Å². The van der Waals surface area contributed by atoms with Gasteiger partial charge in [0.2, 0.25) is 6.04 Å². The molecule has 0 amide bonds. The highest BCUT2D eigenvalue weighted by Gasteiger charge is 2.46. The van der Waals surface area contributed by atoms with Crippen LogP contribution in [-0.2, 0) is 0 Å². The van der Waals surface area contributed by atoms with E-state index in [-0.39, 0.29) is 0 Å². The van der Waals surface area contributed by atoms with Gasteiger partial charge in [-0.2, -0.15) is 4.57 Å². The van der Waals surface area contributed by atoms with Crippen molar-refractivity contribution in [1.29, 1.82) is 0 Å². The molecule has 5 nitrogen and oxygen atoms in total. The molecule has 1 aromatic heterocycles. The second-order valence-corrected chi connectivity index (χ2v) is 6.76. The molecule has 3 aromatic rings. The molecular weight excluding hydrogens is 342 g/mol. The molecule has 0 atom stereocenters. The predicted octanol–water partition coefficient (Wildman–Crippen LogP) is -1.34. The molecule has 25 heavy (non-hydrogen) atoms. The number of nitrogens with zero attached hydrogens (tertiary/aromatic N) is 1. The number of benzene rings is 2. The zero-order chi connectivity index (χ0) is 17.6. The third-order valence-electron chi connectivity index (χ3n) is 4.70. The molecule has 0 radical (unpaired) electrons. The Morgan fingerprint density at radius 3 is 1.60 bits per heavy atom. The Kier molecular flexibility index (Phi) is 3.83. The van der Waals surface area contributed by atoms with E-state index in [1.165, 1.54) is 27.9 Å². The van der Waals surface area contributed by atoms with Crippen LogP contribution >= 0.6 is 0 Å². The molecular formula is C19H14ClNO4. The highest BCUT2D eigenvalue weighted by molar-refractivity contribution is 5.56. The second-order valence-electron chi connectivity index (χ2n) is 6.00. The largest absolute Gasteiger partial charge is 0.222 e. The number of pyridine rings is 1. The summed E-state index contributed by atoms with van der Waals surface area (Å²) in [4.78, 5) is 0. The van der Waals surface area contributed by atoms with Crippen molar-refractivity contribution in [2.24, 2.45) is 0 Å². The molecule has 3 heterocycles. The summed E-state index contributed by atoms with van der Waals surface area (Å²) in [7, 11) is -4.94. The number of hydrogen-bond acceptors (Lipinski definition) is 4. The first-order chi connectivity index (χ1) is 11.9. The van der Waals surface area contributed by atoms with Crippen molar-refractivity contribution in [1.82, 2.24) is 0 Å². The Bertz CT molecular complexity index is 751. The van der Waals surface area contributed by atoms with Gasteiger partial charge in [-0.3, -0.25) is 0 Å². The van der Waals surface area contributed by atoms with Crippen LogP contribution in [0.5, 0.6) is 0 Å². The first kappa shape index (κ1) is 16.2. The van der Waals surface area contributed by atoms with Crippen LogP contribution in [0.2, 0.25) is 0 Å². The Balaban J connectivity index is 0.000000280. The minimum Gasteiger partial charge on any atom is -0.222 e. The Hall–Kier alpha value is -2.28. The van der Waals surface area contributed by atoms with Crippen LogP contribution in [0.4, 0.5) is 0 Å². The molecule has 2 bridgehead atoms. The highest BCUT2D eigenvalue weighted by Crippen LogP contribution is 2.47. The maximum absolute atomic E-state index is 8.49. The summed E-state index contributed by atoms with van der Waals surface area (Å²) in [6.45, 7) is 0. The standard InChI is InChI=1S/C19H14N.ClHO4/c1-3-9-15-13(7-1)18-14-8-2-4-10-16(14)19(15)20-12-6-5-11-17(18)20;2-1(3,4)5/h1-12,18-19H;(H,2,3,4,5)/q+1;/p-1. The van der Waals surface area contributed by atoms with Crippen LogP contribution < -0.4 is 23.2 Å². The topological polar surface area (TPSA) is 96.1 Å². The van der Waals surface area contributed by atoms with Gasteiger partial charge >= 0.3 is 0 Å². The molecule has 1 aliphatic carbocycles. The van der Waals surface area contributed by atoms with Crippen LogP contribution in [0.15, 0.2) is 72.9 Å². The average Bonchev–Trinajstić information content (AvgIpc) is 2.60. The van der Waals surface area contributed by atoms with Gasteiger partial charge in [0.05, 0.1) is 5.92 Å². The first-order valence-corrected chi connectivity index (χ1v) is 8.98. The molecule has 126 valence electrons. The third kappa shape index (κ3) is 2.82. The van der Waals surface area contributed by atoms with Gasteiger partial charge in [-0.1, -0.05) is 54.6 Å². The molecule has 3 aliphatic rings. The van der Waals surface area contributed by atoms with Crippen molar-refractivity contribution in [2.45, 2.75) is 12.0 Å². The Morgan fingerprint density at radius 2 is 1.08 bits per heavy atom. The minimum absolute atomic E-state index is 0.337. The highest BCUT2D eigenvalue weighted by atomic mass is 35.7. The average molecular weight is 356 g/mol. The van der Waals surface area contributed by atoms with Crippen molar-refractivity contribution in [3.05, 3.63) is 101 Å². The summed E-state index contributed by atoms with van der Waals surface area (Å²) in [6.07, 6.45) is 2.22. The maximum atomic E-state index is 8.49. The van der Waals surface area contributed by atoms with E-state index in [9.17, 15) is 0 Å². The van der Waals surface area contributed by atoms with Gasteiger partial charge in [0, 0.05) is 23.3 Å². The summed E-state index contributed by atoms with van der Waals surface area (Å²) in [6, 6.07) is 24.7. The lowest BCUT2D eigenvalue weighted by molar-refractivity contribution is -2.00. The third-order valence-corrected chi connectivity index (χ3v) is 4.70. The Morgan fingerprint density at radius 1 is 0.640 bits per heavy atom. The molecule has 2 aliphatic heterocycles. The van der Waals surface area contributed by atoms with Crippen molar-refractivity contribution in [3.63, 3.8) is 0 Å². The van der Waals surface area contributed by atoms with Crippen LogP contribution in [-0.4, -0.2) is 0 Å². The summed E-state index contributed by atoms with van der Waals surface area (Å²) < 4.78 is 36.4. The van der Waals surface area contributed by atoms with Crippen LogP contribution in [0, 0.1) is 10.2 Å².